The van der Waals surface area contributed by atoms with Crippen molar-refractivity contribution in [3.05, 3.63) is 45.5 Å². The van der Waals surface area contributed by atoms with Crippen LogP contribution in [0, 0.1) is 29.8 Å². The zero-order chi connectivity index (χ0) is 17.4. The maximum atomic E-state index is 13.6. The fraction of sp³-hybridized carbons (Fsp3) is 0.308. The number of nitrogens with one attached hydrogen (secondary N) is 1. The Kier molecular flexibility index (Phi) is 4.37. The van der Waals surface area contributed by atoms with Crippen LogP contribution in [0.1, 0.15) is 18.3 Å². The predicted octanol–water partition coefficient (Wildman–Crippen LogP) is 2.37. The summed E-state index contributed by atoms with van der Waals surface area (Å²) in [6.45, 7) is 5.38. The lowest BCUT2D eigenvalue weighted by molar-refractivity contribution is -0.386. The molecule has 1 aromatic heterocycles. The van der Waals surface area contributed by atoms with Gasteiger partial charge in [0.1, 0.15) is 10.6 Å². The van der Waals surface area contributed by atoms with Crippen molar-refractivity contribution in [3.8, 4) is 0 Å². The Bertz CT molecular complexity index is 876. The molecule has 0 saturated carbocycles. The summed E-state index contributed by atoms with van der Waals surface area (Å²) in [5.41, 5.74) is -0.695. The third kappa shape index (κ3) is 3.02. The third-order valence-corrected chi connectivity index (χ3v) is 4.91. The summed E-state index contributed by atoms with van der Waals surface area (Å²) < 4.78 is 42.3. The van der Waals surface area contributed by atoms with Crippen LogP contribution >= 0.6 is 0 Å². The molecule has 0 aliphatic carbocycles. The molecular formula is C13H15FN4O4S. The average Bonchev–Trinajstić information content (AvgIpc) is 2.72. The molecule has 10 heteroatoms. The van der Waals surface area contributed by atoms with E-state index in [0.717, 1.165) is 12.1 Å². The molecule has 0 saturated heterocycles. The van der Waals surface area contributed by atoms with Crippen molar-refractivity contribution in [2.45, 2.75) is 32.2 Å². The van der Waals surface area contributed by atoms with E-state index in [-0.39, 0.29) is 10.6 Å². The first kappa shape index (κ1) is 16.9. The molecule has 0 aliphatic heterocycles. The van der Waals surface area contributed by atoms with Gasteiger partial charge in [-0.05, 0) is 32.9 Å². The lowest BCUT2D eigenvalue weighted by atomic mass is 10.2. The average molecular weight is 342 g/mol. The molecule has 0 bridgehead atoms. The zero-order valence-electron chi connectivity index (χ0n) is 12.7. The Morgan fingerprint density at radius 2 is 2.04 bits per heavy atom. The number of benzene rings is 1. The van der Waals surface area contributed by atoms with Crippen LogP contribution in [0.15, 0.2) is 23.1 Å². The van der Waals surface area contributed by atoms with Crippen LogP contribution in [0.5, 0.6) is 0 Å². The maximum absolute atomic E-state index is 13.6. The molecular weight excluding hydrogens is 327 g/mol. The second-order valence-electron chi connectivity index (χ2n) is 4.81. The molecule has 1 N–H and O–H groups in total. The first-order valence-electron chi connectivity index (χ1n) is 6.68. The fourth-order valence-corrected chi connectivity index (χ4v) is 3.84. The Hall–Kier alpha value is -2.49. The van der Waals surface area contributed by atoms with Crippen molar-refractivity contribution in [3.63, 3.8) is 0 Å². The molecule has 0 fully saturated rings. The molecule has 0 radical (unpaired) electrons. The van der Waals surface area contributed by atoms with Crippen LogP contribution in [0.3, 0.4) is 0 Å². The van der Waals surface area contributed by atoms with Gasteiger partial charge in [0, 0.05) is 6.54 Å². The number of aromatic nitrogens is 2. The molecule has 2 rings (SSSR count). The van der Waals surface area contributed by atoms with Crippen molar-refractivity contribution in [2.75, 3.05) is 4.72 Å². The van der Waals surface area contributed by atoms with Gasteiger partial charge in [-0.1, -0.05) is 6.07 Å². The smallest absolute Gasteiger partial charge is 0.273 e. The van der Waals surface area contributed by atoms with E-state index in [1.165, 1.54) is 17.7 Å². The summed E-state index contributed by atoms with van der Waals surface area (Å²) in [5.74, 6) is -1.12. The molecule has 0 atom stereocenters. The highest BCUT2D eigenvalue weighted by Crippen LogP contribution is 2.30. The topological polar surface area (TPSA) is 107 Å². The zero-order valence-corrected chi connectivity index (χ0v) is 13.5. The molecule has 0 spiro atoms. The van der Waals surface area contributed by atoms with E-state index in [4.69, 9.17) is 0 Å². The summed E-state index contributed by atoms with van der Waals surface area (Å²) in [5, 5.41) is 15.1. The number of rotatable bonds is 5. The van der Waals surface area contributed by atoms with E-state index < -0.39 is 32.1 Å². The predicted molar refractivity (Wildman–Crippen MR) is 81.2 cm³/mol. The molecule has 1 aromatic carbocycles. The van der Waals surface area contributed by atoms with Crippen LogP contribution < -0.4 is 4.72 Å². The normalized spacial score (nSPS) is 11.5. The Balaban J connectivity index is 2.55. The number of halogens is 1. The van der Waals surface area contributed by atoms with Crippen LogP contribution in [-0.2, 0) is 16.6 Å². The summed E-state index contributed by atoms with van der Waals surface area (Å²) in [7, 11) is -4.14. The summed E-state index contributed by atoms with van der Waals surface area (Å²) >= 11 is 0. The van der Waals surface area contributed by atoms with Crippen molar-refractivity contribution in [1.29, 1.82) is 0 Å². The molecule has 2 aromatic rings. The number of nitro benzene ring substituents is 1. The lowest BCUT2D eigenvalue weighted by Gasteiger charge is -2.09. The molecule has 1 heterocycles. The SMILES string of the molecule is CCn1nc(C)c(S(=O)(=O)Nc2cccc(F)c2[N+](=O)[O-])c1C. The van der Waals surface area contributed by atoms with Gasteiger partial charge in [-0.25, -0.2) is 8.42 Å². The van der Waals surface area contributed by atoms with Crippen LogP contribution in [0.2, 0.25) is 0 Å². The Labute approximate surface area is 132 Å². The number of nitro groups is 1. The van der Waals surface area contributed by atoms with Gasteiger partial charge in [-0.2, -0.15) is 9.49 Å². The Morgan fingerprint density at radius 3 is 2.57 bits per heavy atom. The van der Waals surface area contributed by atoms with E-state index in [2.05, 4.69) is 9.82 Å². The van der Waals surface area contributed by atoms with Gasteiger partial charge in [0.2, 0.25) is 5.82 Å². The first-order valence-corrected chi connectivity index (χ1v) is 8.17. The summed E-state index contributed by atoms with van der Waals surface area (Å²) in [6, 6.07) is 3.21. The van der Waals surface area contributed by atoms with Crippen LogP contribution in [0.25, 0.3) is 0 Å². The van der Waals surface area contributed by atoms with E-state index in [1.54, 1.807) is 13.8 Å². The fourth-order valence-electron chi connectivity index (χ4n) is 2.36. The summed E-state index contributed by atoms with van der Waals surface area (Å²) in [4.78, 5) is 9.92. The van der Waals surface area contributed by atoms with Crippen LogP contribution in [-0.4, -0.2) is 23.1 Å². The molecule has 0 amide bonds. The first-order chi connectivity index (χ1) is 10.7. The number of nitrogens with zero attached hydrogens (tertiary/aromatic N) is 3. The van der Waals surface area contributed by atoms with Crippen LogP contribution in [0.4, 0.5) is 15.8 Å². The van der Waals surface area contributed by atoms with Gasteiger partial charge in [-0.15, -0.1) is 0 Å². The van der Waals surface area contributed by atoms with Gasteiger partial charge < -0.3 is 0 Å². The van der Waals surface area contributed by atoms with Crippen molar-refractivity contribution >= 4 is 21.4 Å². The summed E-state index contributed by atoms with van der Waals surface area (Å²) in [6.07, 6.45) is 0. The highest BCUT2D eigenvalue weighted by Gasteiger charge is 2.28. The largest absolute Gasteiger partial charge is 0.328 e. The van der Waals surface area contributed by atoms with Crippen molar-refractivity contribution in [2.24, 2.45) is 0 Å². The molecule has 0 aliphatic rings. The number of para-hydroxylation sites is 1. The van der Waals surface area contributed by atoms with E-state index >= 15 is 0 Å². The highest BCUT2D eigenvalue weighted by atomic mass is 32.2. The third-order valence-electron chi connectivity index (χ3n) is 3.30. The quantitative estimate of drug-likeness (QED) is 0.663. The lowest BCUT2D eigenvalue weighted by Crippen LogP contribution is -2.16. The van der Waals surface area contributed by atoms with Gasteiger partial charge in [-0.3, -0.25) is 19.5 Å². The van der Waals surface area contributed by atoms with Crippen molar-refractivity contribution in [1.82, 2.24) is 9.78 Å². The van der Waals surface area contributed by atoms with E-state index in [9.17, 15) is 22.9 Å². The second kappa shape index (κ2) is 5.95. The minimum atomic E-state index is -4.14. The van der Waals surface area contributed by atoms with E-state index in [1.807, 2.05) is 0 Å². The van der Waals surface area contributed by atoms with Gasteiger partial charge in [0.15, 0.2) is 0 Å². The maximum Gasteiger partial charge on any atom is 0.328 e. The number of aryl methyl sites for hydroxylation is 2. The standard InChI is InChI=1S/C13H15FN4O4S/c1-4-17-9(3)13(8(2)15-17)23(21,22)16-11-7-5-6-10(14)12(11)18(19)20/h5-7,16H,4H2,1-3H3. The molecule has 23 heavy (non-hydrogen) atoms. The minimum absolute atomic E-state index is 0.0714. The van der Waals surface area contributed by atoms with E-state index in [0.29, 0.717) is 12.2 Å². The van der Waals surface area contributed by atoms with Gasteiger partial charge in [0.25, 0.3) is 10.0 Å². The number of hydrogen-bond acceptors (Lipinski definition) is 5. The minimum Gasteiger partial charge on any atom is -0.273 e. The number of hydrogen-bond donors (Lipinski definition) is 1. The molecule has 8 nitrogen and oxygen atoms in total. The number of anilines is 1. The Morgan fingerprint density at radius 1 is 1.39 bits per heavy atom. The van der Waals surface area contributed by atoms with Gasteiger partial charge in [0.05, 0.1) is 16.3 Å². The highest BCUT2D eigenvalue weighted by molar-refractivity contribution is 7.92. The second-order valence-corrected chi connectivity index (χ2v) is 6.43. The van der Waals surface area contributed by atoms with Gasteiger partial charge >= 0.3 is 5.69 Å². The van der Waals surface area contributed by atoms with Crippen molar-refractivity contribution < 1.29 is 17.7 Å². The molecule has 124 valence electrons. The molecule has 0 unspecified atom stereocenters. The monoisotopic (exact) mass is 342 g/mol. The number of sulfonamides is 1.